The minimum Gasteiger partial charge on any atom is -0.325 e. The van der Waals surface area contributed by atoms with Gasteiger partial charge in [0.15, 0.2) is 0 Å². The number of hydrogen-bond donors (Lipinski definition) is 2. The second-order valence-corrected chi connectivity index (χ2v) is 7.06. The lowest BCUT2D eigenvalue weighted by molar-refractivity contribution is -0.121. The molecule has 3 N–H and O–H groups in total. The highest BCUT2D eigenvalue weighted by molar-refractivity contribution is 5.98. The van der Waals surface area contributed by atoms with E-state index in [0.717, 1.165) is 36.8 Å². The number of aliphatic imine (C=N–C) groups is 1. The number of aromatic nitrogens is 1. The van der Waals surface area contributed by atoms with Gasteiger partial charge in [-0.05, 0) is 57.1 Å². The number of fused-ring (bicyclic) bond motifs is 1. The van der Waals surface area contributed by atoms with Gasteiger partial charge in [-0.3, -0.25) is 9.79 Å². The molecule has 0 bridgehead atoms. The molecule has 0 unspecified atom stereocenters. The summed E-state index contributed by atoms with van der Waals surface area (Å²) in [6.07, 6.45) is 7.37. The van der Waals surface area contributed by atoms with Crippen molar-refractivity contribution in [3.63, 3.8) is 0 Å². The Bertz CT molecular complexity index is 595. The van der Waals surface area contributed by atoms with Gasteiger partial charge >= 0.3 is 0 Å². The third-order valence-corrected chi connectivity index (χ3v) is 4.95. The predicted molar refractivity (Wildman–Crippen MR) is 87.9 cm³/mol. The molecule has 1 aromatic heterocycles. The van der Waals surface area contributed by atoms with Gasteiger partial charge in [-0.15, -0.1) is 0 Å². The molecule has 0 aromatic carbocycles. The van der Waals surface area contributed by atoms with Crippen LogP contribution in [0.4, 0.5) is 5.82 Å². The van der Waals surface area contributed by atoms with Gasteiger partial charge in [0.25, 0.3) is 0 Å². The van der Waals surface area contributed by atoms with Crippen LogP contribution in [0, 0.1) is 11.8 Å². The first-order valence-electron chi connectivity index (χ1n) is 8.02. The quantitative estimate of drug-likeness (QED) is 0.900. The maximum atomic E-state index is 12.5. The smallest absolute Gasteiger partial charge is 0.228 e. The first kappa shape index (κ1) is 15.2. The van der Waals surface area contributed by atoms with Crippen molar-refractivity contribution in [2.45, 2.75) is 51.6 Å². The molecule has 1 aliphatic heterocycles. The summed E-state index contributed by atoms with van der Waals surface area (Å²) in [5, 5.41) is 2.99. The van der Waals surface area contributed by atoms with Crippen LogP contribution in [0.25, 0.3) is 0 Å². The number of nitrogens with one attached hydrogen (secondary N) is 1. The SMILES string of the molecule is CC(C)(N)C1CCC(C(=O)Nc2nccc3c2C=NC3)CC1. The van der Waals surface area contributed by atoms with Crippen LogP contribution in [0.15, 0.2) is 17.3 Å². The van der Waals surface area contributed by atoms with E-state index in [1.165, 1.54) is 0 Å². The number of nitrogens with two attached hydrogens (primary N) is 1. The van der Waals surface area contributed by atoms with Crippen molar-refractivity contribution < 1.29 is 4.79 Å². The minimum absolute atomic E-state index is 0.0644. The van der Waals surface area contributed by atoms with Gasteiger partial charge in [0, 0.05) is 29.4 Å². The topological polar surface area (TPSA) is 80.4 Å². The molecule has 1 aliphatic carbocycles. The summed E-state index contributed by atoms with van der Waals surface area (Å²) < 4.78 is 0. The van der Waals surface area contributed by atoms with Crippen molar-refractivity contribution in [1.82, 2.24) is 4.98 Å². The van der Waals surface area contributed by atoms with Crippen LogP contribution in [0.3, 0.4) is 0 Å². The molecule has 0 radical (unpaired) electrons. The number of carbonyl (C=O) groups excluding carboxylic acids is 1. The highest BCUT2D eigenvalue weighted by Gasteiger charge is 2.33. The Hall–Kier alpha value is -1.75. The van der Waals surface area contributed by atoms with Gasteiger partial charge < -0.3 is 11.1 Å². The third-order valence-electron chi connectivity index (χ3n) is 4.95. The maximum absolute atomic E-state index is 12.5. The summed E-state index contributed by atoms with van der Waals surface area (Å²) in [7, 11) is 0. The fraction of sp³-hybridized carbons (Fsp3) is 0.588. The summed E-state index contributed by atoms with van der Waals surface area (Å²) in [6, 6.07) is 1.95. The molecule has 5 nitrogen and oxygen atoms in total. The van der Waals surface area contributed by atoms with Crippen LogP contribution < -0.4 is 11.1 Å². The fourth-order valence-corrected chi connectivity index (χ4v) is 3.45. The molecule has 2 aliphatic rings. The van der Waals surface area contributed by atoms with E-state index >= 15 is 0 Å². The summed E-state index contributed by atoms with van der Waals surface area (Å²) in [6.45, 7) is 4.83. The van der Waals surface area contributed by atoms with E-state index in [1.807, 2.05) is 6.07 Å². The molecule has 3 rings (SSSR count). The highest BCUT2D eigenvalue weighted by Crippen LogP contribution is 2.35. The van der Waals surface area contributed by atoms with E-state index in [4.69, 9.17) is 5.73 Å². The lowest BCUT2D eigenvalue weighted by atomic mass is 9.73. The van der Waals surface area contributed by atoms with Gasteiger partial charge in [0.05, 0.1) is 6.54 Å². The van der Waals surface area contributed by atoms with Crippen LogP contribution >= 0.6 is 0 Å². The number of amides is 1. The Kier molecular flexibility index (Phi) is 4.00. The molecule has 22 heavy (non-hydrogen) atoms. The zero-order valence-electron chi connectivity index (χ0n) is 13.3. The molecule has 118 valence electrons. The van der Waals surface area contributed by atoms with E-state index in [2.05, 4.69) is 29.1 Å². The Morgan fingerprint density at radius 2 is 2.05 bits per heavy atom. The van der Waals surface area contributed by atoms with Gasteiger partial charge in [-0.1, -0.05) is 0 Å². The lowest BCUT2D eigenvalue weighted by Gasteiger charge is -2.36. The van der Waals surface area contributed by atoms with Crippen molar-refractivity contribution in [2.75, 3.05) is 5.32 Å². The molecule has 0 saturated heterocycles. The van der Waals surface area contributed by atoms with Crippen LogP contribution in [0.5, 0.6) is 0 Å². The summed E-state index contributed by atoms with van der Waals surface area (Å²) in [5.41, 5.74) is 8.11. The minimum atomic E-state index is -0.153. The van der Waals surface area contributed by atoms with Crippen molar-refractivity contribution in [3.05, 3.63) is 23.4 Å². The van der Waals surface area contributed by atoms with E-state index in [1.54, 1.807) is 12.4 Å². The van der Waals surface area contributed by atoms with Gasteiger partial charge in [-0.25, -0.2) is 4.98 Å². The number of pyridine rings is 1. The van der Waals surface area contributed by atoms with Crippen LogP contribution in [0.1, 0.15) is 50.7 Å². The number of anilines is 1. The summed E-state index contributed by atoms with van der Waals surface area (Å²) in [4.78, 5) is 21.0. The Morgan fingerprint density at radius 3 is 2.73 bits per heavy atom. The van der Waals surface area contributed by atoms with Crippen LogP contribution in [-0.2, 0) is 11.3 Å². The van der Waals surface area contributed by atoms with Crippen LogP contribution in [0.2, 0.25) is 0 Å². The fourth-order valence-electron chi connectivity index (χ4n) is 3.45. The number of hydrogen-bond acceptors (Lipinski definition) is 4. The Balaban J connectivity index is 1.62. The number of nitrogens with zero attached hydrogens (tertiary/aromatic N) is 2. The van der Waals surface area contributed by atoms with Gasteiger partial charge in [0.2, 0.25) is 5.91 Å². The molecule has 1 fully saturated rings. The van der Waals surface area contributed by atoms with E-state index in [0.29, 0.717) is 18.3 Å². The molecule has 5 heteroatoms. The average molecular weight is 300 g/mol. The highest BCUT2D eigenvalue weighted by atomic mass is 16.1. The van der Waals surface area contributed by atoms with E-state index in [-0.39, 0.29) is 17.4 Å². The van der Waals surface area contributed by atoms with Crippen LogP contribution in [-0.4, -0.2) is 22.6 Å². The first-order chi connectivity index (χ1) is 10.4. The number of carbonyl (C=O) groups is 1. The Labute approximate surface area is 131 Å². The van der Waals surface area contributed by atoms with Crippen molar-refractivity contribution >= 4 is 17.9 Å². The van der Waals surface area contributed by atoms with E-state index in [9.17, 15) is 4.79 Å². The van der Waals surface area contributed by atoms with Crippen molar-refractivity contribution in [1.29, 1.82) is 0 Å². The van der Waals surface area contributed by atoms with Gasteiger partial charge in [-0.2, -0.15) is 0 Å². The molecular formula is C17H24N4O. The molecule has 1 aromatic rings. The third kappa shape index (κ3) is 3.04. The van der Waals surface area contributed by atoms with Gasteiger partial charge in [0.1, 0.15) is 5.82 Å². The Morgan fingerprint density at radius 1 is 1.32 bits per heavy atom. The summed E-state index contributed by atoms with van der Waals surface area (Å²) >= 11 is 0. The number of rotatable bonds is 3. The normalized spacial score (nSPS) is 24.1. The summed E-state index contributed by atoms with van der Waals surface area (Å²) in [5.74, 6) is 1.29. The molecular weight excluding hydrogens is 276 g/mol. The standard InChI is InChI=1S/C17H24N4O/c1-17(2,18)13-5-3-11(4-6-13)16(22)21-15-14-10-19-9-12(14)7-8-20-15/h7-8,10-11,13H,3-6,9,18H2,1-2H3,(H,20,21,22). The second-order valence-electron chi connectivity index (χ2n) is 7.06. The van der Waals surface area contributed by atoms with Crippen molar-refractivity contribution in [3.8, 4) is 0 Å². The van der Waals surface area contributed by atoms with E-state index < -0.39 is 0 Å². The molecule has 2 heterocycles. The average Bonchev–Trinajstić information content (AvgIpc) is 2.96. The molecule has 1 saturated carbocycles. The molecule has 0 atom stereocenters. The maximum Gasteiger partial charge on any atom is 0.228 e. The molecule has 1 amide bonds. The largest absolute Gasteiger partial charge is 0.325 e. The molecule has 0 spiro atoms. The monoisotopic (exact) mass is 300 g/mol. The van der Waals surface area contributed by atoms with Crippen molar-refractivity contribution in [2.24, 2.45) is 22.6 Å². The zero-order chi connectivity index (χ0) is 15.7. The second kappa shape index (κ2) is 5.80. The lowest BCUT2D eigenvalue weighted by Crippen LogP contribution is -2.43. The first-order valence-corrected chi connectivity index (χ1v) is 8.02. The predicted octanol–water partition coefficient (Wildman–Crippen LogP) is 2.50. The zero-order valence-corrected chi connectivity index (χ0v) is 13.3.